The molecule has 11 heavy (non-hydrogen) atoms. The number of para-hydroxylation sites is 1. The molecule has 0 aromatic heterocycles. The van der Waals surface area contributed by atoms with Gasteiger partial charge in [-0.05, 0) is 19.1 Å². The van der Waals surface area contributed by atoms with Crippen molar-refractivity contribution in [2.24, 2.45) is 5.73 Å². The molecule has 0 heterocycles. The van der Waals surface area contributed by atoms with E-state index in [1.54, 1.807) is 0 Å². The average Bonchev–Trinajstić information content (AvgIpc) is 1.85. The summed E-state index contributed by atoms with van der Waals surface area (Å²) >= 11 is 0. The van der Waals surface area contributed by atoms with Crippen molar-refractivity contribution in [3.8, 4) is 0 Å². The van der Waals surface area contributed by atoms with Gasteiger partial charge in [-0.15, -0.1) is 0 Å². The quantitative estimate of drug-likeness (QED) is 0.547. The topological polar surface area (TPSA) is 58.3 Å². The summed E-state index contributed by atoms with van der Waals surface area (Å²) in [7, 11) is 0. The Kier molecular flexibility index (Phi) is 2.12. The van der Waals surface area contributed by atoms with Gasteiger partial charge in [0.2, 0.25) is 0 Å². The van der Waals surface area contributed by atoms with E-state index in [1.807, 2.05) is 30.3 Å². The Morgan fingerprint density at radius 3 is 2.36 bits per heavy atom. The molecular weight excluding hydrogens is 140 g/mol. The van der Waals surface area contributed by atoms with Crippen molar-refractivity contribution in [2.75, 3.05) is 5.32 Å². The monoisotopic (exact) mass is 152 g/mol. The Balaban J connectivity index is 2.66. The van der Waals surface area contributed by atoms with Gasteiger partial charge in [-0.3, -0.25) is 5.73 Å². The molecule has 1 atom stereocenters. The summed E-state index contributed by atoms with van der Waals surface area (Å²) in [4.78, 5) is 0. The molecule has 0 spiro atoms. The van der Waals surface area contributed by atoms with E-state index < -0.39 is 5.85 Å². The van der Waals surface area contributed by atoms with Crippen LogP contribution in [0.3, 0.4) is 0 Å². The third-order valence-corrected chi connectivity index (χ3v) is 1.17. The van der Waals surface area contributed by atoms with Gasteiger partial charge < -0.3 is 10.4 Å². The first-order chi connectivity index (χ1) is 5.08. The minimum atomic E-state index is -1.35. The molecular formula is C8H12N2O. The molecule has 1 unspecified atom stereocenters. The van der Waals surface area contributed by atoms with Crippen molar-refractivity contribution in [1.29, 1.82) is 0 Å². The SMILES string of the molecule is CC(N)(O)Nc1ccccc1. The second-order valence-electron chi connectivity index (χ2n) is 2.64. The van der Waals surface area contributed by atoms with Gasteiger partial charge in [0.15, 0.2) is 5.85 Å². The van der Waals surface area contributed by atoms with Crippen LogP contribution in [0.25, 0.3) is 0 Å². The highest BCUT2D eigenvalue weighted by atomic mass is 16.3. The Morgan fingerprint density at radius 2 is 1.91 bits per heavy atom. The highest BCUT2D eigenvalue weighted by molar-refractivity contribution is 5.43. The predicted octanol–water partition coefficient (Wildman–Crippen LogP) is 0.723. The van der Waals surface area contributed by atoms with E-state index in [0.717, 1.165) is 5.69 Å². The maximum atomic E-state index is 9.14. The van der Waals surface area contributed by atoms with E-state index in [-0.39, 0.29) is 0 Å². The lowest BCUT2D eigenvalue weighted by Gasteiger charge is -2.19. The van der Waals surface area contributed by atoms with Gasteiger partial charge in [-0.25, -0.2) is 0 Å². The van der Waals surface area contributed by atoms with Crippen LogP contribution in [-0.2, 0) is 0 Å². The van der Waals surface area contributed by atoms with Gasteiger partial charge in [0.05, 0.1) is 0 Å². The zero-order valence-electron chi connectivity index (χ0n) is 6.41. The van der Waals surface area contributed by atoms with Gasteiger partial charge in [-0.2, -0.15) is 0 Å². The summed E-state index contributed by atoms with van der Waals surface area (Å²) in [6, 6.07) is 9.31. The second-order valence-corrected chi connectivity index (χ2v) is 2.64. The van der Waals surface area contributed by atoms with E-state index in [1.165, 1.54) is 6.92 Å². The lowest BCUT2D eigenvalue weighted by atomic mass is 10.3. The normalized spacial score (nSPS) is 15.5. The molecule has 0 aliphatic heterocycles. The zero-order chi connectivity index (χ0) is 8.32. The molecule has 0 fully saturated rings. The second kappa shape index (κ2) is 2.90. The first-order valence-electron chi connectivity index (χ1n) is 3.42. The predicted molar refractivity (Wildman–Crippen MR) is 44.9 cm³/mol. The minimum absolute atomic E-state index is 0.806. The van der Waals surface area contributed by atoms with E-state index >= 15 is 0 Å². The molecule has 1 rings (SSSR count). The number of aliphatic hydroxyl groups is 1. The first kappa shape index (κ1) is 8.04. The third-order valence-electron chi connectivity index (χ3n) is 1.17. The van der Waals surface area contributed by atoms with Crippen molar-refractivity contribution in [3.63, 3.8) is 0 Å². The summed E-state index contributed by atoms with van der Waals surface area (Å²) in [5.41, 5.74) is 6.12. The molecule has 1 aromatic rings. The van der Waals surface area contributed by atoms with Crippen molar-refractivity contribution < 1.29 is 5.11 Å². The summed E-state index contributed by atoms with van der Waals surface area (Å²) < 4.78 is 0. The van der Waals surface area contributed by atoms with Crippen LogP contribution in [-0.4, -0.2) is 11.0 Å². The number of nitrogens with one attached hydrogen (secondary N) is 1. The first-order valence-corrected chi connectivity index (χ1v) is 3.42. The number of rotatable bonds is 2. The fourth-order valence-electron chi connectivity index (χ4n) is 0.814. The Labute approximate surface area is 65.8 Å². The molecule has 4 N–H and O–H groups in total. The number of hydrogen-bond acceptors (Lipinski definition) is 3. The number of hydrogen-bond donors (Lipinski definition) is 3. The molecule has 1 aromatic carbocycles. The van der Waals surface area contributed by atoms with Crippen LogP contribution in [0.2, 0.25) is 0 Å². The highest BCUT2D eigenvalue weighted by Gasteiger charge is 2.10. The van der Waals surface area contributed by atoms with Crippen LogP contribution < -0.4 is 11.1 Å². The summed E-state index contributed by atoms with van der Waals surface area (Å²) in [6.45, 7) is 1.49. The minimum Gasteiger partial charge on any atom is -0.359 e. The molecule has 0 amide bonds. The fourth-order valence-corrected chi connectivity index (χ4v) is 0.814. The van der Waals surface area contributed by atoms with Crippen LogP contribution in [0.15, 0.2) is 30.3 Å². The third kappa shape index (κ3) is 3.02. The molecule has 0 saturated heterocycles. The zero-order valence-corrected chi connectivity index (χ0v) is 6.41. The molecule has 0 radical (unpaired) electrons. The van der Waals surface area contributed by atoms with Gasteiger partial charge in [0.1, 0.15) is 0 Å². The molecule has 0 aliphatic rings. The van der Waals surface area contributed by atoms with Crippen molar-refractivity contribution >= 4 is 5.69 Å². The van der Waals surface area contributed by atoms with Gasteiger partial charge in [-0.1, -0.05) is 18.2 Å². The molecule has 0 bridgehead atoms. The van der Waals surface area contributed by atoms with E-state index in [9.17, 15) is 0 Å². The number of anilines is 1. The van der Waals surface area contributed by atoms with Crippen LogP contribution in [0.4, 0.5) is 5.69 Å². The molecule has 3 nitrogen and oxygen atoms in total. The van der Waals surface area contributed by atoms with Gasteiger partial charge in [0.25, 0.3) is 0 Å². The standard InChI is InChI=1S/C8H12N2O/c1-8(9,11)10-7-5-3-2-4-6-7/h2-6,10-11H,9H2,1H3. The van der Waals surface area contributed by atoms with Gasteiger partial charge >= 0.3 is 0 Å². The van der Waals surface area contributed by atoms with Crippen LogP contribution in [0, 0.1) is 0 Å². The highest BCUT2D eigenvalue weighted by Crippen LogP contribution is 2.07. The molecule has 3 heteroatoms. The fraction of sp³-hybridized carbons (Fsp3) is 0.250. The Morgan fingerprint density at radius 1 is 1.36 bits per heavy atom. The molecule has 60 valence electrons. The maximum Gasteiger partial charge on any atom is 0.187 e. The van der Waals surface area contributed by atoms with Gasteiger partial charge in [0, 0.05) is 5.69 Å². The Hall–Kier alpha value is -1.06. The average molecular weight is 152 g/mol. The van der Waals surface area contributed by atoms with Crippen LogP contribution in [0.5, 0.6) is 0 Å². The summed E-state index contributed by atoms with van der Waals surface area (Å²) in [5, 5.41) is 11.9. The Bertz CT molecular complexity index is 215. The smallest absolute Gasteiger partial charge is 0.187 e. The van der Waals surface area contributed by atoms with Crippen molar-refractivity contribution in [2.45, 2.75) is 12.8 Å². The van der Waals surface area contributed by atoms with Crippen LogP contribution in [0.1, 0.15) is 6.92 Å². The lowest BCUT2D eigenvalue weighted by Crippen LogP contribution is -2.44. The van der Waals surface area contributed by atoms with E-state index in [2.05, 4.69) is 5.32 Å². The largest absolute Gasteiger partial charge is 0.359 e. The van der Waals surface area contributed by atoms with Crippen molar-refractivity contribution in [1.82, 2.24) is 0 Å². The van der Waals surface area contributed by atoms with Crippen molar-refractivity contribution in [3.05, 3.63) is 30.3 Å². The van der Waals surface area contributed by atoms with E-state index in [0.29, 0.717) is 0 Å². The van der Waals surface area contributed by atoms with E-state index in [4.69, 9.17) is 10.8 Å². The molecule has 0 aliphatic carbocycles. The number of benzene rings is 1. The molecule has 0 saturated carbocycles. The maximum absolute atomic E-state index is 9.14. The summed E-state index contributed by atoms with van der Waals surface area (Å²) in [5.74, 6) is -1.35. The lowest BCUT2D eigenvalue weighted by molar-refractivity contribution is 0.0979. The number of nitrogens with two attached hydrogens (primary N) is 1. The van der Waals surface area contributed by atoms with Crippen LogP contribution >= 0.6 is 0 Å². The summed E-state index contributed by atoms with van der Waals surface area (Å²) in [6.07, 6.45) is 0.